The average molecular weight is 178 g/mol. The molecule has 0 aliphatic carbocycles. The molecule has 2 aromatic rings. The van der Waals surface area contributed by atoms with E-state index in [1.165, 1.54) is 0 Å². The van der Waals surface area contributed by atoms with Gasteiger partial charge in [-0.15, -0.1) is 0 Å². The molecule has 1 aromatic heterocycles. The summed E-state index contributed by atoms with van der Waals surface area (Å²) >= 11 is 0. The number of rotatable bonds is 0. The number of benzene rings is 1. The molecule has 5 heteroatoms. The molecule has 0 atom stereocenters. The topological polar surface area (TPSA) is 101 Å². The number of aromatic amines is 2. The number of anilines is 2. The first kappa shape index (κ1) is 7.72. The third kappa shape index (κ3) is 0.970. The van der Waals surface area contributed by atoms with Gasteiger partial charge in [0.1, 0.15) is 0 Å². The predicted octanol–water partition coefficient (Wildman–Crippen LogP) is 0.329. The summed E-state index contributed by atoms with van der Waals surface area (Å²) in [6, 6.07) is 1.69. The van der Waals surface area contributed by atoms with E-state index in [1.54, 1.807) is 6.07 Å². The van der Waals surface area contributed by atoms with Gasteiger partial charge in [-0.2, -0.15) is 0 Å². The van der Waals surface area contributed by atoms with Crippen LogP contribution in [0, 0.1) is 6.92 Å². The molecule has 0 radical (unpaired) electrons. The molecule has 0 fully saturated rings. The summed E-state index contributed by atoms with van der Waals surface area (Å²) in [4.78, 5) is 16.2. The molecule has 0 unspecified atom stereocenters. The Morgan fingerprint density at radius 3 is 2.69 bits per heavy atom. The fraction of sp³-hybridized carbons (Fsp3) is 0.125. The van der Waals surface area contributed by atoms with E-state index in [2.05, 4.69) is 9.97 Å². The monoisotopic (exact) mass is 178 g/mol. The minimum Gasteiger partial charge on any atom is -0.398 e. The molecular formula is C8H10N4O. The van der Waals surface area contributed by atoms with Crippen LogP contribution in [0.25, 0.3) is 11.0 Å². The molecule has 13 heavy (non-hydrogen) atoms. The number of nitrogen functional groups attached to an aromatic ring is 2. The van der Waals surface area contributed by atoms with Crippen LogP contribution in [0.5, 0.6) is 0 Å². The van der Waals surface area contributed by atoms with Crippen molar-refractivity contribution in [2.75, 3.05) is 11.5 Å². The summed E-state index contributed by atoms with van der Waals surface area (Å²) in [5, 5.41) is 0. The number of nitrogens with two attached hydrogens (primary N) is 2. The Kier molecular flexibility index (Phi) is 1.36. The summed E-state index contributed by atoms with van der Waals surface area (Å²) < 4.78 is 0. The van der Waals surface area contributed by atoms with E-state index in [9.17, 15) is 4.79 Å². The average Bonchev–Trinajstić information content (AvgIpc) is 2.42. The van der Waals surface area contributed by atoms with Gasteiger partial charge in [-0.1, -0.05) is 0 Å². The van der Waals surface area contributed by atoms with Gasteiger partial charge in [0.05, 0.1) is 16.7 Å². The normalized spacial score (nSPS) is 10.8. The highest BCUT2D eigenvalue weighted by Gasteiger charge is 2.07. The summed E-state index contributed by atoms with van der Waals surface area (Å²) in [7, 11) is 0. The van der Waals surface area contributed by atoms with Gasteiger partial charge in [-0.25, -0.2) is 4.79 Å². The molecule has 0 saturated heterocycles. The Morgan fingerprint density at radius 1 is 1.31 bits per heavy atom. The van der Waals surface area contributed by atoms with Crippen molar-refractivity contribution in [1.82, 2.24) is 9.97 Å². The lowest BCUT2D eigenvalue weighted by Gasteiger charge is -2.04. The Morgan fingerprint density at radius 2 is 2.00 bits per heavy atom. The fourth-order valence-electron chi connectivity index (χ4n) is 1.32. The number of hydrogen-bond acceptors (Lipinski definition) is 3. The number of nitrogens with one attached hydrogen (secondary N) is 2. The fourth-order valence-corrected chi connectivity index (χ4v) is 1.32. The van der Waals surface area contributed by atoms with Crippen LogP contribution in [0.3, 0.4) is 0 Å². The molecule has 68 valence electrons. The lowest BCUT2D eigenvalue weighted by atomic mass is 10.1. The van der Waals surface area contributed by atoms with Crippen LogP contribution < -0.4 is 17.2 Å². The van der Waals surface area contributed by atoms with Gasteiger partial charge in [0.25, 0.3) is 0 Å². The number of fused-ring (bicyclic) bond motifs is 1. The summed E-state index contributed by atoms with van der Waals surface area (Å²) in [6.07, 6.45) is 0. The molecular weight excluding hydrogens is 168 g/mol. The van der Waals surface area contributed by atoms with Gasteiger partial charge in [0.15, 0.2) is 0 Å². The van der Waals surface area contributed by atoms with Crippen molar-refractivity contribution < 1.29 is 0 Å². The molecule has 0 saturated carbocycles. The SMILES string of the molecule is Cc1c(N)cc2[nH]c(=O)[nH]c2c1N. The first-order valence-electron chi connectivity index (χ1n) is 3.86. The highest BCUT2D eigenvalue weighted by molar-refractivity contribution is 5.92. The number of aromatic nitrogens is 2. The summed E-state index contributed by atoms with van der Waals surface area (Å²) in [6.45, 7) is 1.81. The van der Waals surface area contributed by atoms with Crippen LogP contribution in [0.15, 0.2) is 10.9 Å². The second-order valence-corrected chi connectivity index (χ2v) is 3.01. The predicted molar refractivity (Wildman–Crippen MR) is 52.5 cm³/mol. The van der Waals surface area contributed by atoms with E-state index >= 15 is 0 Å². The number of H-pyrrole nitrogens is 2. The van der Waals surface area contributed by atoms with Crippen LogP contribution in [0.2, 0.25) is 0 Å². The molecule has 1 heterocycles. The van der Waals surface area contributed by atoms with Crippen molar-refractivity contribution in [3.8, 4) is 0 Å². The van der Waals surface area contributed by atoms with Gasteiger partial charge < -0.3 is 21.4 Å². The highest BCUT2D eigenvalue weighted by Crippen LogP contribution is 2.25. The number of imidazole rings is 1. The van der Waals surface area contributed by atoms with E-state index in [-0.39, 0.29) is 5.69 Å². The molecule has 6 N–H and O–H groups in total. The van der Waals surface area contributed by atoms with E-state index in [1.807, 2.05) is 6.92 Å². The zero-order valence-electron chi connectivity index (χ0n) is 7.14. The third-order valence-electron chi connectivity index (χ3n) is 2.16. The van der Waals surface area contributed by atoms with E-state index in [0.717, 1.165) is 5.56 Å². The maximum atomic E-state index is 11.0. The van der Waals surface area contributed by atoms with Crippen molar-refractivity contribution >= 4 is 22.4 Å². The second-order valence-electron chi connectivity index (χ2n) is 3.01. The molecule has 0 amide bonds. The minimum absolute atomic E-state index is 0.272. The Bertz CT molecular complexity index is 523. The lowest BCUT2D eigenvalue weighted by Crippen LogP contribution is -2.00. The molecule has 0 aliphatic rings. The smallest absolute Gasteiger partial charge is 0.323 e. The molecule has 0 aliphatic heterocycles. The zero-order valence-corrected chi connectivity index (χ0v) is 7.14. The largest absolute Gasteiger partial charge is 0.398 e. The molecule has 5 nitrogen and oxygen atoms in total. The van der Waals surface area contributed by atoms with Gasteiger partial charge >= 0.3 is 5.69 Å². The molecule has 0 bridgehead atoms. The first-order chi connectivity index (χ1) is 6.09. The van der Waals surface area contributed by atoms with Gasteiger partial charge in [0, 0.05) is 5.69 Å². The van der Waals surface area contributed by atoms with E-state index in [0.29, 0.717) is 22.4 Å². The standard InChI is InChI=1S/C8H10N4O/c1-3-4(9)2-5-7(6(3)10)12-8(13)11-5/h2H,9-10H2,1H3,(H2,11,12,13). The van der Waals surface area contributed by atoms with Crippen LogP contribution in [-0.4, -0.2) is 9.97 Å². The summed E-state index contributed by atoms with van der Waals surface area (Å²) in [5.41, 5.74) is 14.3. The Balaban J connectivity index is 3.00. The lowest BCUT2D eigenvalue weighted by molar-refractivity contribution is 1.22. The Labute approximate surface area is 73.7 Å². The maximum Gasteiger partial charge on any atom is 0.323 e. The Hall–Kier alpha value is -1.91. The molecule has 2 rings (SSSR count). The van der Waals surface area contributed by atoms with Crippen molar-refractivity contribution in [3.63, 3.8) is 0 Å². The van der Waals surface area contributed by atoms with Crippen molar-refractivity contribution in [1.29, 1.82) is 0 Å². The molecule has 0 spiro atoms. The van der Waals surface area contributed by atoms with Crippen molar-refractivity contribution in [2.24, 2.45) is 0 Å². The van der Waals surface area contributed by atoms with Crippen LogP contribution >= 0.6 is 0 Å². The second kappa shape index (κ2) is 2.29. The third-order valence-corrected chi connectivity index (χ3v) is 2.16. The first-order valence-corrected chi connectivity index (χ1v) is 3.86. The van der Waals surface area contributed by atoms with E-state index in [4.69, 9.17) is 11.5 Å². The summed E-state index contributed by atoms with van der Waals surface area (Å²) in [5.74, 6) is 0. The van der Waals surface area contributed by atoms with Crippen LogP contribution in [0.1, 0.15) is 5.56 Å². The van der Waals surface area contributed by atoms with Gasteiger partial charge in [-0.3, -0.25) is 0 Å². The van der Waals surface area contributed by atoms with Crippen LogP contribution in [-0.2, 0) is 0 Å². The quantitative estimate of drug-likeness (QED) is 0.437. The van der Waals surface area contributed by atoms with Crippen molar-refractivity contribution in [3.05, 3.63) is 22.1 Å². The van der Waals surface area contributed by atoms with E-state index < -0.39 is 0 Å². The maximum absolute atomic E-state index is 11.0. The van der Waals surface area contributed by atoms with Gasteiger partial charge in [-0.05, 0) is 18.6 Å². The highest BCUT2D eigenvalue weighted by atomic mass is 16.1. The zero-order chi connectivity index (χ0) is 9.59. The molecule has 1 aromatic carbocycles. The number of hydrogen-bond donors (Lipinski definition) is 4. The van der Waals surface area contributed by atoms with Gasteiger partial charge in [0.2, 0.25) is 0 Å². The van der Waals surface area contributed by atoms with Crippen LogP contribution in [0.4, 0.5) is 11.4 Å². The minimum atomic E-state index is -0.272. The van der Waals surface area contributed by atoms with Crippen molar-refractivity contribution in [2.45, 2.75) is 6.92 Å².